The van der Waals surface area contributed by atoms with Crippen molar-refractivity contribution in [3.05, 3.63) is 47.5 Å². The Kier molecular flexibility index (Phi) is 5.57. The molecule has 1 aromatic carbocycles. The number of hydrogen-bond acceptors (Lipinski definition) is 0. The van der Waals surface area contributed by atoms with Gasteiger partial charge in [-0.25, -0.2) is 0 Å². The first kappa shape index (κ1) is 16.3. The molecule has 0 aliphatic carbocycles. The van der Waals surface area contributed by atoms with Crippen molar-refractivity contribution in [1.82, 2.24) is 0 Å². The van der Waals surface area contributed by atoms with Crippen LogP contribution in [0.25, 0.3) is 0 Å². The molecule has 0 amide bonds. The molecule has 88 valence electrons. The molecular formula is C13H14F3Li. The monoisotopic (exact) mass is 234 g/mol. The molecule has 0 saturated heterocycles. The topological polar surface area (TPSA) is 0 Å². The number of hydrogen-bond donors (Lipinski definition) is 0. The van der Waals surface area contributed by atoms with Gasteiger partial charge in [0, 0.05) is 0 Å². The predicted octanol–water partition coefficient (Wildman–Crippen LogP) is 1.38. The minimum atomic E-state index is -4.34. The summed E-state index contributed by atoms with van der Waals surface area (Å²) in [5.41, 5.74) is -1.15. The maximum absolute atomic E-state index is 12.8. The van der Waals surface area contributed by atoms with Crippen LogP contribution >= 0.6 is 0 Å². The summed E-state index contributed by atoms with van der Waals surface area (Å²) in [7, 11) is 0. The van der Waals surface area contributed by atoms with Crippen molar-refractivity contribution < 1.29 is 32.0 Å². The van der Waals surface area contributed by atoms with E-state index in [1.165, 1.54) is 20.8 Å². The molecular weight excluding hydrogens is 220 g/mol. The van der Waals surface area contributed by atoms with Crippen molar-refractivity contribution >= 4 is 0 Å². The molecule has 0 aliphatic heterocycles. The summed E-state index contributed by atoms with van der Waals surface area (Å²) in [6.45, 7) is 4.60. The van der Waals surface area contributed by atoms with Gasteiger partial charge in [0.2, 0.25) is 0 Å². The van der Waals surface area contributed by atoms with Crippen LogP contribution < -0.4 is 18.9 Å². The molecule has 0 atom stereocenters. The van der Waals surface area contributed by atoms with E-state index < -0.39 is 17.2 Å². The summed E-state index contributed by atoms with van der Waals surface area (Å²) in [5.74, 6) is 0. The third kappa shape index (κ3) is 5.02. The first-order chi connectivity index (χ1) is 7.21. The van der Waals surface area contributed by atoms with Gasteiger partial charge in [0.25, 0.3) is 0 Å². The molecule has 0 fully saturated rings. The fraction of sp³-hybridized carbons (Fsp3) is 0.385. The zero-order valence-electron chi connectivity index (χ0n) is 10.5. The zero-order valence-corrected chi connectivity index (χ0v) is 10.5. The van der Waals surface area contributed by atoms with Gasteiger partial charge in [0.05, 0.1) is 0 Å². The van der Waals surface area contributed by atoms with Gasteiger partial charge in [0.15, 0.2) is 0 Å². The minimum absolute atomic E-state index is 0. The van der Waals surface area contributed by atoms with Crippen LogP contribution in [0.15, 0.2) is 35.9 Å². The molecule has 0 saturated carbocycles. The fourth-order valence-corrected chi connectivity index (χ4v) is 1.35. The van der Waals surface area contributed by atoms with Crippen molar-refractivity contribution in [3.63, 3.8) is 0 Å². The number of alkyl halides is 3. The molecule has 1 aromatic rings. The second-order valence-corrected chi connectivity index (χ2v) is 4.61. The summed E-state index contributed by atoms with van der Waals surface area (Å²) < 4.78 is 38.4. The summed E-state index contributed by atoms with van der Waals surface area (Å²) in [5, 5.41) is 0. The normalized spacial score (nSPS) is 13.2. The Balaban J connectivity index is 0.00000256. The van der Waals surface area contributed by atoms with E-state index in [-0.39, 0.29) is 18.9 Å². The Hall–Kier alpha value is -0.653. The molecule has 0 bridgehead atoms. The van der Waals surface area contributed by atoms with Crippen LogP contribution in [-0.4, -0.2) is 6.18 Å². The van der Waals surface area contributed by atoms with Crippen LogP contribution in [0.5, 0.6) is 0 Å². The molecule has 17 heavy (non-hydrogen) atoms. The SMILES string of the molecule is CC(C)(C)C(=[C-]c1ccccc1)C(F)(F)F.[Li+]. The standard InChI is InChI=1S/C13H14F3.Li/c1-12(2,3)11(13(14,15)16)9-10-7-5-4-6-8-10;/h4-8H,1-3H3;/q-1;+1. The van der Waals surface area contributed by atoms with Gasteiger partial charge in [-0.1, -0.05) is 26.8 Å². The van der Waals surface area contributed by atoms with Crippen molar-refractivity contribution in [1.29, 1.82) is 0 Å². The molecule has 0 spiro atoms. The van der Waals surface area contributed by atoms with Crippen LogP contribution in [0, 0.1) is 11.5 Å². The number of benzene rings is 1. The third-order valence-corrected chi connectivity index (χ3v) is 2.08. The van der Waals surface area contributed by atoms with Crippen LogP contribution in [0.4, 0.5) is 13.2 Å². The largest absolute Gasteiger partial charge is 1.00 e. The first-order valence-corrected chi connectivity index (χ1v) is 4.98. The molecule has 0 N–H and O–H groups in total. The molecule has 0 unspecified atom stereocenters. The maximum atomic E-state index is 12.8. The average Bonchev–Trinajstić information content (AvgIpc) is 2.12. The molecule has 4 heteroatoms. The zero-order chi connectivity index (χ0) is 12.4. The summed E-state index contributed by atoms with van der Waals surface area (Å²) in [6, 6.07) is 8.36. The van der Waals surface area contributed by atoms with E-state index in [1.807, 2.05) is 0 Å². The Labute approximate surface area is 112 Å². The molecule has 0 radical (unpaired) electrons. The smallest absolute Gasteiger partial charge is 0.192 e. The Morgan fingerprint density at radius 1 is 1.00 bits per heavy atom. The van der Waals surface area contributed by atoms with Gasteiger partial charge in [-0.05, 0) is 11.0 Å². The van der Waals surface area contributed by atoms with E-state index in [2.05, 4.69) is 6.08 Å². The van der Waals surface area contributed by atoms with Crippen LogP contribution in [0.1, 0.15) is 26.3 Å². The van der Waals surface area contributed by atoms with E-state index >= 15 is 0 Å². The predicted molar refractivity (Wildman–Crippen MR) is 57.8 cm³/mol. The second kappa shape index (κ2) is 5.80. The van der Waals surface area contributed by atoms with Gasteiger partial charge in [0.1, 0.15) is 0 Å². The number of rotatable bonds is 1. The van der Waals surface area contributed by atoms with E-state index in [9.17, 15) is 13.2 Å². The molecule has 1 rings (SSSR count). The second-order valence-electron chi connectivity index (χ2n) is 4.61. The van der Waals surface area contributed by atoms with E-state index in [1.54, 1.807) is 30.3 Å². The van der Waals surface area contributed by atoms with Crippen LogP contribution in [0.2, 0.25) is 0 Å². The third-order valence-electron chi connectivity index (χ3n) is 2.08. The molecule has 0 nitrogen and oxygen atoms in total. The van der Waals surface area contributed by atoms with Gasteiger partial charge in [-0.3, -0.25) is 0 Å². The quantitative estimate of drug-likeness (QED) is 0.508. The Morgan fingerprint density at radius 2 is 1.47 bits per heavy atom. The van der Waals surface area contributed by atoms with E-state index in [0.717, 1.165) is 0 Å². The van der Waals surface area contributed by atoms with Gasteiger partial charge in [-0.2, -0.15) is 36.9 Å². The van der Waals surface area contributed by atoms with Crippen molar-refractivity contribution in [3.8, 4) is 0 Å². The molecule has 0 aromatic heterocycles. The Morgan fingerprint density at radius 3 is 1.82 bits per heavy atom. The van der Waals surface area contributed by atoms with Crippen molar-refractivity contribution in [2.45, 2.75) is 26.9 Å². The molecule has 0 aliphatic rings. The number of halogens is 3. The Bertz CT molecular complexity index is 356. The molecule has 0 heterocycles. The fourth-order valence-electron chi connectivity index (χ4n) is 1.35. The van der Waals surface area contributed by atoms with Crippen molar-refractivity contribution in [2.75, 3.05) is 0 Å². The summed E-state index contributed by atoms with van der Waals surface area (Å²) in [4.78, 5) is 0. The van der Waals surface area contributed by atoms with Crippen LogP contribution in [0.3, 0.4) is 0 Å². The average molecular weight is 234 g/mol. The van der Waals surface area contributed by atoms with Crippen LogP contribution in [-0.2, 0) is 0 Å². The summed E-state index contributed by atoms with van der Waals surface area (Å²) >= 11 is 0. The number of allylic oxidation sites excluding steroid dienone is 1. The van der Waals surface area contributed by atoms with Gasteiger partial charge >= 0.3 is 25.0 Å². The first-order valence-electron chi connectivity index (χ1n) is 4.98. The summed E-state index contributed by atoms with van der Waals surface area (Å²) in [6.07, 6.45) is -1.89. The van der Waals surface area contributed by atoms with Gasteiger partial charge in [-0.15, -0.1) is 12.1 Å². The van der Waals surface area contributed by atoms with E-state index in [0.29, 0.717) is 5.56 Å². The maximum Gasteiger partial charge on any atom is 1.00 e. The van der Waals surface area contributed by atoms with Gasteiger partial charge < -0.3 is 0 Å². The minimum Gasteiger partial charge on any atom is -0.192 e. The van der Waals surface area contributed by atoms with E-state index in [4.69, 9.17) is 0 Å². The van der Waals surface area contributed by atoms with Crippen molar-refractivity contribution in [2.24, 2.45) is 5.41 Å².